The van der Waals surface area contributed by atoms with Gasteiger partial charge in [-0.25, -0.2) is 4.39 Å². The molecule has 1 saturated heterocycles. The molecule has 2 atom stereocenters. The summed E-state index contributed by atoms with van der Waals surface area (Å²) in [5, 5.41) is 4.55. The molecule has 32 heavy (non-hydrogen) atoms. The highest BCUT2D eigenvalue weighted by atomic mass is 35.5. The zero-order valence-electron chi connectivity index (χ0n) is 17.2. The van der Waals surface area contributed by atoms with E-state index in [1.54, 1.807) is 18.3 Å². The lowest BCUT2D eigenvalue weighted by atomic mass is 10.0. The van der Waals surface area contributed by atoms with Crippen LogP contribution in [0.2, 0.25) is 5.02 Å². The lowest BCUT2D eigenvalue weighted by Gasteiger charge is -2.29. The van der Waals surface area contributed by atoms with E-state index in [0.717, 1.165) is 22.6 Å². The Kier molecular flexibility index (Phi) is 5.41. The molecule has 0 aliphatic carbocycles. The quantitative estimate of drug-likeness (QED) is 0.369. The van der Waals surface area contributed by atoms with Gasteiger partial charge in [-0.2, -0.15) is 0 Å². The van der Waals surface area contributed by atoms with E-state index in [1.807, 2.05) is 72.6 Å². The number of nitrogens with one attached hydrogen (secondary N) is 1. The molecule has 0 spiro atoms. The number of pyridine rings is 1. The smallest absolute Gasteiger partial charge is 0.174 e. The molecular formula is C25H20ClFN4S. The Morgan fingerprint density at radius 2 is 1.84 bits per heavy atom. The van der Waals surface area contributed by atoms with Gasteiger partial charge in [0.25, 0.3) is 0 Å². The highest BCUT2D eigenvalue weighted by Gasteiger charge is 2.43. The van der Waals surface area contributed by atoms with Gasteiger partial charge in [-0.3, -0.25) is 4.98 Å². The summed E-state index contributed by atoms with van der Waals surface area (Å²) in [4.78, 5) is 6.41. The number of aryl methyl sites for hydroxylation is 1. The molecule has 3 heterocycles. The van der Waals surface area contributed by atoms with E-state index < -0.39 is 0 Å². The van der Waals surface area contributed by atoms with Crippen LogP contribution < -0.4 is 10.2 Å². The van der Waals surface area contributed by atoms with Crippen molar-refractivity contribution in [1.82, 2.24) is 14.9 Å². The molecule has 0 amide bonds. The molecule has 5 rings (SSSR count). The second kappa shape index (κ2) is 8.37. The van der Waals surface area contributed by atoms with E-state index in [4.69, 9.17) is 23.8 Å². The average Bonchev–Trinajstić information content (AvgIpc) is 3.41. The van der Waals surface area contributed by atoms with Crippen LogP contribution in [0, 0.1) is 12.7 Å². The summed E-state index contributed by atoms with van der Waals surface area (Å²) >= 11 is 12.0. The van der Waals surface area contributed by atoms with Crippen LogP contribution in [0.5, 0.6) is 0 Å². The zero-order chi connectivity index (χ0) is 22.2. The zero-order valence-corrected chi connectivity index (χ0v) is 18.8. The first kappa shape index (κ1) is 20.7. The molecular weight excluding hydrogens is 443 g/mol. The summed E-state index contributed by atoms with van der Waals surface area (Å²) in [6.07, 6.45) is 3.75. The van der Waals surface area contributed by atoms with Crippen molar-refractivity contribution in [1.29, 1.82) is 0 Å². The fourth-order valence-corrected chi connectivity index (χ4v) is 4.67. The highest BCUT2D eigenvalue weighted by Crippen LogP contribution is 2.43. The first-order chi connectivity index (χ1) is 15.5. The normalized spacial score (nSPS) is 18.1. The summed E-state index contributed by atoms with van der Waals surface area (Å²) in [5.41, 5.74) is 4.17. The summed E-state index contributed by atoms with van der Waals surface area (Å²) in [6.45, 7) is 1.98. The molecule has 0 unspecified atom stereocenters. The van der Waals surface area contributed by atoms with Crippen LogP contribution in [0.3, 0.4) is 0 Å². The predicted molar refractivity (Wildman–Crippen MR) is 130 cm³/mol. The first-order valence-electron chi connectivity index (χ1n) is 10.2. The first-order valence-corrected chi connectivity index (χ1v) is 11.0. The van der Waals surface area contributed by atoms with Gasteiger partial charge in [0.15, 0.2) is 5.11 Å². The number of nitrogens with zero attached hydrogens (tertiary/aromatic N) is 3. The van der Waals surface area contributed by atoms with Crippen LogP contribution in [0.25, 0.3) is 5.69 Å². The maximum absolute atomic E-state index is 14.9. The Labute approximate surface area is 196 Å². The summed E-state index contributed by atoms with van der Waals surface area (Å²) < 4.78 is 17.0. The summed E-state index contributed by atoms with van der Waals surface area (Å²) in [7, 11) is 0. The fraction of sp³-hybridized carbons (Fsp3) is 0.120. The SMILES string of the molecule is Cc1cc(-n2cccc2[C@@H]2[C@H](c3ccccn3)NC(=S)N2c2ccccc2F)ccc1Cl. The summed E-state index contributed by atoms with van der Waals surface area (Å²) in [6, 6.07) is 21.8. The van der Waals surface area contributed by atoms with Crippen molar-refractivity contribution >= 4 is 34.6 Å². The van der Waals surface area contributed by atoms with Gasteiger partial charge in [0.05, 0.1) is 17.4 Å². The minimum atomic E-state index is -0.330. The number of halogens is 2. The standard InChI is InChI=1S/C25H20ClFN4S/c1-16-15-17(11-12-18(16)26)30-14-6-10-22(30)24-23(20-8-4-5-13-28-20)29-25(32)31(24)21-9-3-2-7-19(21)27/h2-15,23-24H,1H3,(H,29,32)/t23-,24+/m0/s1. The van der Waals surface area contributed by atoms with Crippen molar-refractivity contribution in [3.05, 3.63) is 113 Å². The van der Waals surface area contributed by atoms with E-state index in [1.165, 1.54) is 6.07 Å². The lowest BCUT2D eigenvalue weighted by molar-refractivity contribution is 0.542. The minimum Gasteiger partial charge on any atom is -0.351 e. The number of thiocarbonyl (C=S) groups is 1. The van der Waals surface area contributed by atoms with Gasteiger partial charge in [0.1, 0.15) is 11.9 Å². The van der Waals surface area contributed by atoms with Crippen molar-refractivity contribution in [3.8, 4) is 5.69 Å². The molecule has 2 aromatic carbocycles. The van der Waals surface area contributed by atoms with Crippen molar-refractivity contribution in [2.75, 3.05) is 4.90 Å². The number of rotatable bonds is 4. The van der Waals surface area contributed by atoms with Crippen molar-refractivity contribution in [3.63, 3.8) is 0 Å². The van der Waals surface area contributed by atoms with Crippen LogP contribution in [-0.2, 0) is 0 Å². The lowest BCUT2D eigenvalue weighted by Crippen LogP contribution is -2.31. The molecule has 1 aliphatic heterocycles. The molecule has 4 nitrogen and oxygen atoms in total. The largest absolute Gasteiger partial charge is 0.351 e. The molecule has 1 aliphatic rings. The van der Waals surface area contributed by atoms with Gasteiger partial charge in [-0.1, -0.05) is 29.8 Å². The number of anilines is 1. The third kappa shape index (κ3) is 3.55. The Morgan fingerprint density at radius 3 is 2.59 bits per heavy atom. The van der Waals surface area contributed by atoms with Crippen LogP contribution in [0.4, 0.5) is 10.1 Å². The van der Waals surface area contributed by atoms with Crippen LogP contribution in [0.15, 0.2) is 85.2 Å². The van der Waals surface area contributed by atoms with Crippen molar-refractivity contribution in [2.24, 2.45) is 0 Å². The highest BCUT2D eigenvalue weighted by molar-refractivity contribution is 7.80. The number of hydrogen-bond acceptors (Lipinski definition) is 2. The van der Waals surface area contributed by atoms with Crippen molar-refractivity contribution in [2.45, 2.75) is 19.0 Å². The Balaban J connectivity index is 1.69. The number of aromatic nitrogens is 2. The topological polar surface area (TPSA) is 33.1 Å². The van der Waals surface area contributed by atoms with E-state index in [9.17, 15) is 4.39 Å². The van der Waals surface area contributed by atoms with Gasteiger partial charge >= 0.3 is 0 Å². The predicted octanol–water partition coefficient (Wildman–Crippen LogP) is 6.15. The number of benzene rings is 2. The number of hydrogen-bond donors (Lipinski definition) is 1. The van der Waals surface area contributed by atoms with E-state index in [-0.39, 0.29) is 17.9 Å². The van der Waals surface area contributed by atoms with Gasteiger partial charge in [0, 0.05) is 28.8 Å². The third-order valence-electron chi connectivity index (χ3n) is 5.71. The molecule has 4 aromatic rings. The molecule has 7 heteroatoms. The Morgan fingerprint density at radius 1 is 1.03 bits per heavy atom. The fourth-order valence-electron chi connectivity index (χ4n) is 4.21. The van der Waals surface area contributed by atoms with E-state index >= 15 is 0 Å². The molecule has 0 saturated carbocycles. The van der Waals surface area contributed by atoms with E-state index in [2.05, 4.69) is 14.9 Å². The molecule has 1 N–H and O–H groups in total. The Hall–Kier alpha value is -3.22. The van der Waals surface area contributed by atoms with Gasteiger partial charge in [-0.15, -0.1) is 0 Å². The number of para-hydroxylation sites is 1. The van der Waals surface area contributed by atoms with Crippen LogP contribution in [0.1, 0.15) is 29.0 Å². The molecule has 2 aromatic heterocycles. The second-order valence-electron chi connectivity index (χ2n) is 7.68. The third-order valence-corrected chi connectivity index (χ3v) is 6.45. The molecule has 0 radical (unpaired) electrons. The monoisotopic (exact) mass is 462 g/mol. The molecule has 1 fully saturated rings. The maximum atomic E-state index is 14.9. The molecule has 0 bridgehead atoms. The average molecular weight is 463 g/mol. The van der Waals surface area contributed by atoms with Gasteiger partial charge in [-0.05, 0) is 79.3 Å². The molecule has 160 valence electrons. The van der Waals surface area contributed by atoms with E-state index in [0.29, 0.717) is 15.8 Å². The summed E-state index contributed by atoms with van der Waals surface area (Å²) in [5.74, 6) is -0.330. The van der Waals surface area contributed by atoms with Crippen molar-refractivity contribution < 1.29 is 4.39 Å². The second-order valence-corrected chi connectivity index (χ2v) is 8.48. The Bertz CT molecular complexity index is 1290. The minimum absolute atomic E-state index is 0.259. The van der Waals surface area contributed by atoms with Crippen LogP contribution in [-0.4, -0.2) is 14.7 Å². The van der Waals surface area contributed by atoms with Crippen LogP contribution >= 0.6 is 23.8 Å². The van der Waals surface area contributed by atoms with Gasteiger partial charge in [0.2, 0.25) is 0 Å². The van der Waals surface area contributed by atoms with Gasteiger partial charge < -0.3 is 14.8 Å². The maximum Gasteiger partial charge on any atom is 0.174 e.